The van der Waals surface area contributed by atoms with Gasteiger partial charge in [-0.3, -0.25) is 14.4 Å². The second-order valence-electron chi connectivity index (χ2n) is 9.26. The first kappa shape index (κ1) is 26.0. The van der Waals surface area contributed by atoms with Crippen molar-refractivity contribution >= 4 is 23.2 Å². The van der Waals surface area contributed by atoms with Gasteiger partial charge in [0, 0.05) is 24.2 Å². The van der Waals surface area contributed by atoms with Crippen molar-refractivity contribution < 1.29 is 27.9 Å². The van der Waals surface area contributed by atoms with Crippen LogP contribution in [0.5, 0.6) is 5.75 Å². The summed E-state index contributed by atoms with van der Waals surface area (Å²) in [6, 6.07) is 12.4. The lowest BCUT2D eigenvalue weighted by molar-refractivity contribution is -0.0499. The van der Waals surface area contributed by atoms with Gasteiger partial charge in [-0.05, 0) is 61.1 Å². The molecular weight excluding hydrogens is 508 g/mol. The summed E-state index contributed by atoms with van der Waals surface area (Å²) in [4.78, 5) is 42.6. The van der Waals surface area contributed by atoms with Crippen LogP contribution in [0, 0.1) is 6.92 Å². The number of ether oxygens (including phenoxy) is 1. The first-order valence-electron chi connectivity index (χ1n) is 12.3. The number of halogens is 2. The minimum absolute atomic E-state index is 0.000600. The fraction of sp³-hybridized carbons (Fsp3) is 0.250. The van der Waals surface area contributed by atoms with Gasteiger partial charge in [0.2, 0.25) is 0 Å². The van der Waals surface area contributed by atoms with E-state index in [1.54, 1.807) is 24.3 Å². The number of fused-ring (bicyclic) bond motifs is 2. The summed E-state index contributed by atoms with van der Waals surface area (Å²) < 4.78 is 30.8. The molecule has 1 aliphatic carbocycles. The number of rotatable bonds is 8. The number of alkyl halides is 2. The highest BCUT2D eigenvalue weighted by Gasteiger charge is 2.28. The normalized spacial score (nSPS) is 14.3. The molecule has 0 aliphatic heterocycles. The average Bonchev–Trinajstić information content (AvgIpc) is 3.54. The number of carbonyl (C=O) groups is 3. The van der Waals surface area contributed by atoms with Gasteiger partial charge < -0.3 is 15.4 Å². The molecule has 0 unspecified atom stereocenters. The molecular formula is C28H25F2N5O4. The van der Waals surface area contributed by atoms with Crippen LogP contribution in [-0.2, 0) is 13.0 Å². The maximum Gasteiger partial charge on any atom is 0.387 e. The van der Waals surface area contributed by atoms with Crippen LogP contribution in [0.3, 0.4) is 0 Å². The fourth-order valence-electron chi connectivity index (χ4n) is 4.94. The second kappa shape index (κ2) is 10.6. The third-order valence-electron chi connectivity index (χ3n) is 6.78. The maximum atomic E-state index is 13.4. The van der Waals surface area contributed by atoms with Gasteiger partial charge in [0.05, 0.1) is 12.2 Å². The Morgan fingerprint density at radius 3 is 2.72 bits per heavy atom. The Kier molecular flexibility index (Phi) is 7.05. The number of ketones is 1. The van der Waals surface area contributed by atoms with E-state index in [2.05, 4.69) is 25.5 Å². The van der Waals surface area contributed by atoms with Gasteiger partial charge in [-0.15, -0.1) is 0 Å². The zero-order valence-electron chi connectivity index (χ0n) is 21.2. The summed E-state index contributed by atoms with van der Waals surface area (Å²) in [5, 5.41) is 9.91. The largest absolute Gasteiger partial charge is 0.435 e. The Morgan fingerprint density at radius 2 is 1.95 bits per heavy atom. The number of carbonyl (C=O) groups excluding carboxylic acids is 3. The first-order valence-corrected chi connectivity index (χ1v) is 12.3. The Balaban J connectivity index is 1.35. The Labute approximate surface area is 222 Å². The van der Waals surface area contributed by atoms with Crippen molar-refractivity contribution in [1.82, 2.24) is 25.2 Å². The Morgan fingerprint density at radius 1 is 1.13 bits per heavy atom. The third kappa shape index (κ3) is 5.33. The number of amides is 2. The van der Waals surface area contributed by atoms with Crippen molar-refractivity contribution in [3.05, 3.63) is 93.9 Å². The molecule has 0 spiro atoms. The second-order valence-corrected chi connectivity index (χ2v) is 9.26. The quantitative estimate of drug-likeness (QED) is 0.328. The zero-order valence-corrected chi connectivity index (χ0v) is 21.2. The van der Waals surface area contributed by atoms with Gasteiger partial charge in [-0.1, -0.05) is 24.3 Å². The molecule has 0 radical (unpaired) electrons. The SMILES string of the molecule is CC(=O)c1ccc2c(c1C)CC[C@@H]2NC(=O)c1cc(C(=O)NCc2cccc(OC(F)F)c2)nc2ccnn12. The highest BCUT2D eigenvalue weighted by Crippen LogP contribution is 2.35. The molecule has 200 valence electrons. The molecule has 2 amide bonds. The zero-order chi connectivity index (χ0) is 27.7. The minimum atomic E-state index is -2.95. The molecule has 1 aliphatic rings. The van der Waals surface area contributed by atoms with Gasteiger partial charge >= 0.3 is 6.61 Å². The molecule has 39 heavy (non-hydrogen) atoms. The van der Waals surface area contributed by atoms with Crippen molar-refractivity contribution in [2.75, 3.05) is 0 Å². The first-order chi connectivity index (χ1) is 18.7. The lowest BCUT2D eigenvalue weighted by atomic mass is 9.96. The van der Waals surface area contributed by atoms with E-state index in [-0.39, 0.29) is 35.5 Å². The molecule has 0 bridgehead atoms. The molecule has 2 aromatic heterocycles. The van der Waals surface area contributed by atoms with Crippen LogP contribution in [0.2, 0.25) is 0 Å². The van der Waals surface area contributed by atoms with E-state index in [0.29, 0.717) is 23.2 Å². The van der Waals surface area contributed by atoms with Crippen LogP contribution in [0.1, 0.15) is 73.0 Å². The van der Waals surface area contributed by atoms with Crippen LogP contribution in [-0.4, -0.2) is 38.8 Å². The average molecular weight is 534 g/mol. The van der Waals surface area contributed by atoms with Crippen molar-refractivity contribution in [2.45, 2.75) is 45.9 Å². The number of nitrogens with zero attached hydrogens (tertiary/aromatic N) is 3. The molecule has 9 nitrogen and oxygen atoms in total. The van der Waals surface area contributed by atoms with Crippen molar-refractivity contribution in [3.8, 4) is 5.75 Å². The van der Waals surface area contributed by atoms with Gasteiger partial charge in [0.15, 0.2) is 11.4 Å². The molecule has 2 N–H and O–H groups in total. The van der Waals surface area contributed by atoms with Gasteiger partial charge in [0.25, 0.3) is 11.8 Å². The van der Waals surface area contributed by atoms with Crippen LogP contribution in [0.15, 0.2) is 54.7 Å². The van der Waals surface area contributed by atoms with E-state index in [0.717, 1.165) is 23.1 Å². The number of hydrogen-bond acceptors (Lipinski definition) is 6. The molecule has 0 saturated carbocycles. The third-order valence-corrected chi connectivity index (χ3v) is 6.78. The van der Waals surface area contributed by atoms with E-state index in [1.165, 1.54) is 35.8 Å². The summed E-state index contributed by atoms with van der Waals surface area (Å²) in [5.74, 6) is -0.994. The van der Waals surface area contributed by atoms with Crippen molar-refractivity contribution in [2.24, 2.45) is 0 Å². The lowest BCUT2D eigenvalue weighted by Gasteiger charge is -2.16. The summed E-state index contributed by atoms with van der Waals surface area (Å²) >= 11 is 0. The maximum absolute atomic E-state index is 13.4. The van der Waals surface area contributed by atoms with Crippen molar-refractivity contribution in [3.63, 3.8) is 0 Å². The Bertz CT molecular complexity index is 1600. The van der Waals surface area contributed by atoms with Gasteiger partial charge in [0.1, 0.15) is 17.1 Å². The number of aromatic nitrogens is 3. The predicted octanol–water partition coefficient (Wildman–Crippen LogP) is 4.19. The number of benzene rings is 2. The van der Waals surface area contributed by atoms with Crippen LogP contribution >= 0.6 is 0 Å². The number of nitrogens with one attached hydrogen (secondary N) is 2. The highest BCUT2D eigenvalue weighted by molar-refractivity contribution is 5.99. The summed E-state index contributed by atoms with van der Waals surface area (Å²) in [5.41, 5.74) is 4.64. The molecule has 2 heterocycles. The molecule has 4 aromatic rings. The van der Waals surface area contributed by atoms with Gasteiger partial charge in [-0.2, -0.15) is 13.9 Å². The van der Waals surface area contributed by atoms with E-state index in [1.807, 2.05) is 13.0 Å². The van der Waals surface area contributed by atoms with Crippen LogP contribution in [0.4, 0.5) is 8.78 Å². The predicted molar refractivity (Wildman–Crippen MR) is 137 cm³/mol. The molecule has 0 saturated heterocycles. The lowest BCUT2D eigenvalue weighted by Crippen LogP contribution is -2.30. The number of hydrogen-bond donors (Lipinski definition) is 2. The highest BCUT2D eigenvalue weighted by atomic mass is 19.3. The summed E-state index contributed by atoms with van der Waals surface area (Å²) in [7, 11) is 0. The molecule has 0 fully saturated rings. The van der Waals surface area contributed by atoms with Crippen LogP contribution < -0.4 is 15.4 Å². The monoisotopic (exact) mass is 533 g/mol. The van der Waals surface area contributed by atoms with Gasteiger partial charge in [-0.25, -0.2) is 9.50 Å². The molecule has 2 aromatic carbocycles. The van der Waals surface area contributed by atoms with E-state index in [4.69, 9.17) is 0 Å². The van der Waals surface area contributed by atoms with E-state index < -0.39 is 18.4 Å². The Hall–Kier alpha value is -4.67. The van der Waals surface area contributed by atoms with E-state index in [9.17, 15) is 23.2 Å². The number of Topliss-reactive ketones (excluding diaryl/α,β-unsaturated/α-hetero) is 1. The summed E-state index contributed by atoms with van der Waals surface area (Å²) in [6.45, 7) is 0.538. The minimum Gasteiger partial charge on any atom is -0.435 e. The molecule has 5 rings (SSSR count). The molecule has 11 heteroatoms. The van der Waals surface area contributed by atoms with Crippen molar-refractivity contribution in [1.29, 1.82) is 0 Å². The van der Waals surface area contributed by atoms with Crippen LogP contribution in [0.25, 0.3) is 5.65 Å². The van der Waals surface area contributed by atoms with E-state index >= 15 is 0 Å². The fourth-order valence-corrected chi connectivity index (χ4v) is 4.94. The smallest absolute Gasteiger partial charge is 0.387 e. The standard InChI is InChI=1S/C28H25F2N5O4/c1-15-19(16(2)36)6-7-21-20(15)8-9-22(21)34-27(38)24-13-23(33-25-10-11-32-35(24)25)26(37)31-14-17-4-3-5-18(12-17)39-28(29)30/h3-7,10-13,22,28H,8-9,14H2,1-2H3,(H,31,37)(H,34,38)/t22-/m0/s1. The summed E-state index contributed by atoms with van der Waals surface area (Å²) in [6.07, 6.45) is 2.89. The molecule has 1 atom stereocenters. The topological polar surface area (TPSA) is 115 Å².